The fourth-order valence-electron chi connectivity index (χ4n) is 2.50. The lowest BCUT2D eigenvalue weighted by atomic mass is 10.1. The van der Waals surface area contributed by atoms with Crippen molar-refractivity contribution in [3.8, 4) is 11.8 Å². The molecular formula is C20H24N4O. The summed E-state index contributed by atoms with van der Waals surface area (Å²) in [6.07, 6.45) is 0.798. The van der Waals surface area contributed by atoms with Crippen LogP contribution >= 0.6 is 0 Å². The van der Waals surface area contributed by atoms with Crippen molar-refractivity contribution in [1.82, 2.24) is 0 Å². The number of nitrogens with one attached hydrogen (secondary N) is 1. The number of methoxy groups -OCH3 is 1. The van der Waals surface area contributed by atoms with Gasteiger partial charge in [0.1, 0.15) is 12.3 Å². The average Bonchev–Trinajstić information content (AvgIpc) is 2.63. The molecule has 0 fully saturated rings. The molecule has 0 aliphatic heterocycles. The minimum atomic E-state index is 0.239. The zero-order chi connectivity index (χ0) is 18.2. The van der Waals surface area contributed by atoms with Crippen LogP contribution in [0, 0.1) is 11.3 Å². The molecule has 0 radical (unpaired) electrons. The summed E-state index contributed by atoms with van der Waals surface area (Å²) in [5, 5.41) is 12.5. The highest BCUT2D eigenvalue weighted by Crippen LogP contribution is 2.37. The van der Waals surface area contributed by atoms with E-state index < -0.39 is 0 Å². The Morgan fingerprint density at radius 1 is 1.32 bits per heavy atom. The molecule has 0 aliphatic carbocycles. The molecule has 2 rings (SSSR count). The molecule has 5 heteroatoms. The first-order valence-electron chi connectivity index (χ1n) is 8.17. The first-order chi connectivity index (χ1) is 12.1. The van der Waals surface area contributed by atoms with Crippen molar-refractivity contribution >= 4 is 17.1 Å². The molecule has 0 saturated heterocycles. The van der Waals surface area contributed by atoms with Crippen molar-refractivity contribution in [2.75, 3.05) is 29.6 Å². The highest BCUT2D eigenvalue weighted by atomic mass is 16.5. The van der Waals surface area contributed by atoms with E-state index in [1.807, 2.05) is 48.2 Å². The molecule has 0 atom stereocenters. The molecule has 5 nitrogen and oxygen atoms in total. The molecule has 0 saturated carbocycles. The summed E-state index contributed by atoms with van der Waals surface area (Å²) >= 11 is 0. The Kier molecular flexibility index (Phi) is 6.30. The van der Waals surface area contributed by atoms with Gasteiger partial charge in [-0.1, -0.05) is 43.8 Å². The van der Waals surface area contributed by atoms with Gasteiger partial charge in [-0.15, -0.1) is 0 Å². The van der Waals surface area contributed by atoms with Crippen LogP contribution in [0.25, 0.3) is 0 Å². The number of nitrogens with two attached hydrogens (primary N) is 1. The van der Waals surface area contributed by atoms with Crippen molar-refractivity contribution in [1.29, 1.82) is 5.26 Å². The van der Waals surface area contributed by atoms with Gasteiger partial charge in [0.25, 0.3) is 0 Å². The molecule has 0 heterocycles. The van der Waals surface area contributed by atoms with Crippen LogP contribution in [0.15, 0.2) is 54.7 Å². The summed E-state index contributed by atoms with van der Waals surface area (Å²) < 4.78 is 5.50. The second-order valence-electron chi connectivity index (χ2n) is 5.69. The Morgan fingerprint density at radius 3 is 2.64 bits per heavy atom. The molecule has 0 aromatic heterocycles. The fraction of sp³-hybridized carbons (Fsp3) is 0.250. The number of hydrogen-bond donors (Lipinski definition) is 2. The summed E-state index contributed by atoms with van der Waals surface area (Å²) in [5.41, 5.74) is 10.3. The molecule has 0 amide bonds. The smallest absolute Gasteiger partial charge is 0.144 e. The van der Waals surface area contributed by atoms with Crippen LogP contribution in [0.5, 0.6) is 5.75 Å². The lowest BCUT2D eigenvalue weighted by Gasteiger charge is -2.25. The van der Waals surface area contributed by atoms with Gasteiger partial charge in [-0.05, 0) is 18.1 Å². The largest absolute Gasteiger partial charge is 0.495 e. The molecule has 130 valence electrons. The Hall–Kier alpha value is -3.13. The number of allylic oxidation sites excluding steroid dienone is 1. The van der Waals surface area contributed by atoms with Gasteiger partial charge < -0.3 is 20.7 Å². The maximum Gasteiger partial charge on any atom is 0.144 e. The summed E-state index contributed by atoms with van der Waals surface area (Å²) in [4.78, 5) is 1.97. The molecule has 2 aromatic carbocycles. The number of nitrogens with zero attached hydrogens (tertiary/aromatic N) is 2. The molecule has 3 N–H and O–H groups in total. The molecule has 0 spiro atoms. The normalized spacial score (nSPS) is 9.96. The van der Waals surface area contributed by atoms with E-state index in [1.54, 1.807) is 13.2 Å². The second-order valence-corrected chi connectivity index (χ2v) is 5.69. The van der Waals surface area contributed by atoms with Crippen molar-refractivity contribution in [3.63, 3.8) is 0 Å². The predicted octanol–water partition coefficient (Wildman–Crippen LogP) is 4.14. The van der Waals surface area contributed by atoms with E-state index in [9.17, 15) is 5.26 Å². The van der Waals surface area contributed by atoms with Gasteiger partial charge in [0.15, 0.2) is 0 Å². The number of nitrogen functional groups attached to an aromatic ring is 1. The predicted molar refractivity (Wildman–Crippen MR) is 104 cm³/mol. The lowest BCUT2D eigenvalue weighted by Crippen LogP contribution is -2.23. The number of ether oxygens (including phenoxy) is 1. The maximum absolute atomic E-state index is 9.26. The minimum absolute atomic E-state index is 0.239. The summed E-state index contributed by atoms with van der Waals surface area (Å²) in [6.45, 7) is 6.83. The fourth-order valence-corrected chi connectivity index (χ4v) is 2.50. The standard InChI is InChI=1S/C20H24N4O/c1-4-15(2)23-18-13-19(20(25-3)12-17(18)22)24(11-10-21)14-16-8-6-5-7-9-16/h5-9,12-13,23H,2,4,11,14,22H2,1,3H3. The third kappa shape index (κ3) is 4.67. The van der Waals surface area contributed by atoms with E-state index >= 15 is 0 Å². The number of hydrogen-bond acceptors (Lipinski definition) is 5. The average molecular weight is 336 g/mol. The van der Waals surface area contributed by atoms with Crippen molar-refractivity contribution < 1.29 is 4.74 Å². The van der Waals surface area contributed by atoms with Crippen LogP contribution in [0.4, 0.5) is 17.1 Å². The van der Waals surface area contributed by atoms with Crippen molar-refractivity contribution in [2.45, 2.75) is 19.9 Å². The van der Waals surface area contributed by atoms with Gasteiger partial charge in [-0.3, -0.25) is 0 Å². The zero-order valence-corrected chi connectivity index (χ0v) is 14.7. The number of benzene rings is 2. The SMILES string of the molecule is C=C(CC)Nc1cc(N(CC#N)Cc2ccccc2)c(OC)cc1N. The van der Waals surface area contributed by atoms with Gasteiger partial charge in [0.2, 0.25) is 0 Å². The van der Waals surface area contributed by atoms with Gasteiger partial charge >= 0.3 is 0 Å². The summed E-state index contributed by atoms with van der Waals surface area (Å²) in [5.74, 6) is 0.636. The van der Waals surface area contributed by atoms with Gasteiger partial charge in [-0.2, -0.15) is 5.26 Å². The molecule has 0 aliphatic rings. The number of rotatable bonds is 8. The third-order valence-electron chi connectivity index (χ3n) is 3.91. The van der Waals surface area contributed by atoms with Crippen molar-refractivity contribution in [3.05, 3.63) is 60.3 Å². The molecule has 2 aromatic rings. The van der Waals surface area contributed by atoms with E-state index in [4.69, 9.17) is 10.5 Å². The Bertz CT molecular complexity index is 765. The number of nitriles is 1. The van der Waals surface area contributed by atoms with Crippen molar-refractivity contribution in [2.24, 2.45) is 0 Å². The van der Waals surface area contributed by atoms with E-state index in [2.05, 4.69) is 18.0 Å². The molecule has 0 unspecified atom stereocenters. The summed E-state index contributed by atoms with van der Waals surface area (Å²) in [7, 11) is 1.60. The molecule has 25 heavy (non-hydrogen) atoms. The Balaban J connectivity index is 2.42. The second kappa shape index (κ2) is 8.65. The van der Waals surface area contributed by atoms with Crippen LogP contribution in [0.3, 0.4) is 0 Å². The maximum atomic E-state index is 9.26. The van der Waals surface area contributed by atoms with Gasteiger partial charge in [0, 0.05) is 18.3 Å². The molecular weight excluding hydrogens is 312 g/mol. The van der Waals surface area contributed by atoms with Gasteiger partial charge in [0.05, 0.1) is 30.2 Å². The Labute approximate surface area is 149 Å². The van der Waals surface area contributed by atoms with E-state index in [1.165, 1.54) is 0 Å². The monoisotopic (exact) mass is 336 g/mol. The lowest BCUT2D eigenvalue weighted by molar-refractivity contribution is 0.415. The highest BCUT2D eigenvalue weighted by molar-refractivity contribution is 5.78. The summed E-state index contributed by atoms with van der Waals surface area (Å²) in [6, 6.07) is 15.9. The molecule has 0 bridgehead atoms. The van der Waals surface area contributed by atoms with E-state index in [-0.39, 0.29) is 6.54 Å². The first kappa shape index (κ1) is 18.2. The Morgan fingerprint density at radius 2 is 2.04 bits per heavy atom. The first-order valence-corrected chi connectivity index (χ1v) is 8.17. The zero-order valence-electron chi connectivity index (χ0n) is 14.7. The quantitative estimate of drug-likeness (QED) is 0.560. The van der Waals surface area contributed by atoms with E-state index in [0.29, 0.717) is 18.0 Å². The van der Waals surface area contributed by atoms with Crippen LogP contribution in [0.1, 0.15) is 18.9 Å². The van der Waals surface area contributed by atoms with Crippen LogP contribution in [-0.2, 0) is 6.54 Å². The third-order valence-corrected chi connectivity index (χ3v) is 3.91. The van der Waals surface area contributed by atoms with Crippen LogP contribution in [-0.4, -0.2) is 13.7 Å². The number of anilines is 3. The van der Waals surface area contributed by atoms with E-state index in [0.717, 1.165) is 29.1 Å². The van der Waals surface area contributed by atoms with Gasteiger partial charge in [-0.25, -0.2) is 0 Å². The highest BCUT2D eigenvalue weighted by Gasteiger charge is 2.16. The minimum Gasteiger partial charge on any atom is -0.495 e. The van der Waals surface area contributed by atoms with Crippen LogP contribution < -0.4 is 20.7 Å². The van der Waals surface area contributed by atoms with Crippen LogP contribution in [0.2, 0.25) is 0 Å². The topological polar surface area (TPSA) is 74.3 Å².